The molecular weight excluding hydrogens is 402 g/mol. The van der Waals surface area contributed by atoms with E-state index in [1.54, 1.807) is 31.2 Å². The summed E-state index contributed by atoms with van der Waals surface area (Å²) >= 11 is 5.91. The van der Waals surface area contributed by atoms with Crippen LogP contribution in [0.15, 0.2) is 65.1 Å². The van der Waals surface area contributed by atoms with Gasteiger partial charge in [-0.3, -0.25) is 9.59 Å². The molecule has 4 rings (SSSR count). The van der Waals surface area contributed by atoms with Gasteiger partial charge in [0.15, 0.2) is 5.76 Å². The predicted molar refractivity (Wildman–Crippen MR) is 118 cm³/mol. The van der Waals surface area contributed by atoms with Crippen molar-refractivity contribution in [2.24, 2.45) is 0 Å². The molecule has 0 aliphatic carbocycles. The predicted octanol–water partition coefficient (Wildman–Crippen LogP) is 4.52. The Morgan fingerprint density at radius 1 is 0.900 bits per heavy atom. The van der Waals surface area contributed by atoms with Gasteiger partial charge < -0.3 is 19.5 Å². The zero-order chi connectivity index (χ0) is 21.1. The van der Waals surface area contributed by atoms with Gasteiger partial charge in [-0.1, -0.05) is 11.6 Å². The molecule has 2 heterocycles. The van der Waals surface area contributed by atoms with Gasteiger partial charge in [0, 0.05) is 55.1 Å². The third-order valence-electron chi connectivity index (χ3n) is 5.17. The molecule has 3 aromatic rings. The molecule has 2 amide bonds. The fourth-order valence-electron chi connectivity index (χ4n) is 3.46. The first-order valence-electron chi connectivity index (χ1n) is 9.77. The zero-order valence-electron chi connectivity index (χ0n) is 16.6. The number of anilines is 2. The molecule has 7 heteroatoms. The Morgan fingerprint density at radius 3 is 2.20 bits per heavy atom. The minimum Gasteiger partial charge on any atom is -0.451 e. The maximum atomic E-state index is 12.5. The van der Waals surface area contributed by atoms with E-state index in [1.165, 1.54) is 0 Å². The van der Waals surface area contributed by atoms with Crippen molar-refractivity contribution in [2.75, 3.05) is 36.4 Å². The van der Waals surface area contributed by atoms with Crippen molar-refractivity contribution in [3.63, 3.8) is 0 Å². The van der Waals surface area contributed by atoms with E-state index in [4.69, 9.17) is 16.0 Å². The summed E-state index contributed by atoms with van der Waals surface area (Å²) in [6, 6.07) is 18.4. The second-order valence-corrected chi connectivity index (χ2v) is 7.60. The Kier molecular flexibility index (Phi) is 5.77. The summed E-state index contributed by atoms with van der Waals surface area (Å²) in [6.45, 7) is 4.64. The van der Waals surface area contributed by atoms with Crippen LogP contribution >= 0.6 is 11.6 Å². The minimum atomic E-state index is -0.307. The van der Waals surface area contributed by atoms with Crippen LogP contribution in [-0.4, -0.2) is 42.9 Å². The van der Waals surface area contributed by atoms with Gasteiger partial charge in [0.2, 0.25) is 5.91 Å². The summed E-state index contributed by atoms with van der Waals surface area (Å²) in [5.74, 6) is 0.657. The van der Waals surface area contributed by atoms with Crippen LogP contribution in [-0.2, 0) is 4.79 Å². The van der Waals surface area contributed by atoms with E-state index in [9.17, 15) is 9.59 Å². The van der Waals surface area contributed by atoms with E-state index in [1.807, 2.05) is 41.3 Å². The molecule has 0 radical (unpaired) electrons. The fraction of sp³-hybridized carbons (Fsp3) is 0.217. The number of halogens is 1. The van der Waals surface area contributed by atoms with Gasteiger partial charge in [0.05, 0.1) is 0 Å². The molecule has 0 saturated carbocycles. The van der Waals surface area contributed by atoms with Crippen molar-refractivity contribution >= 4 is 34.8 Å². The monoisotopic (exact) mass is 423 g/mol. The number of rotatable bonds is 4. The second-order valence-electron chi connectivity index (χ2n) is 7.16. The summed E-state index contributed by atoms with van der Waals surface area (Å²) in [4.78, 5) is 28.1. The standard InChI is InChI=1S/C23H22ClN3O3/c1-16(28)26-12-14-27(15-13-26)20-8-6-19(7-9-20)25-23(29)22-11-10-21(30-22)17-2-4-18(24)5-3-17/h2-11H,12-15H2,1H3,(H,25,29). The summed E-state index contributed by atoms with van der Waals surface area (Å²) < 4.78 is 5.70. The third kappa shape index (κ3) is 4.49. The number of carbonyl (C=O) groups is 2. The van der Waals surface area contributed by atoms with Crippen molar-refractivity contribution in [3.05, 3.63) is 71.4 Å². The number of hydrogen-bond acceptors (Lipinski definition) is 4. The van der Waals surface area contributed by atoms with Crippen LogP contribution in [0.1, 0.15) is 17.5 Å². The Hall–Kier alpha value is -3.25. The van der Waals surface area contributed by atoms with Crippen molar-refractivity contribution in [1.29, 1.82) is 0 Å². The minimum absolute atomic E-state index is 0.116. The molecule has 1 fully saturated rings. The van der Waals surface area contributed by atoms with Crippen molar-refractivity contribution in [2.45, 2.75) is 6.92 Å². The molecule has 2 aromatic carbocycles. The number of benzene rings is 2. The van der Waals surface area contributed by atoms with Crippen LogP contribution < -0.4 is 10.2 Å². The number of nitrogens with zero attached hydrogens (tertiary/aromatic N) is 2. The molecule has 1 aromatic heterocycles. The molecule has 30 heavy (non-hydrogen) atoms. The molecule has 0 bridgehead atoms. The van der Waals surface area contributed by atoms with Gasteiger partial charge in [-0.25, -0.2) is 0 Å². The topological polar surface area (TPSA) is 65.8 Å². The van der Waals surface area contributed by atoms with Crippen LogP contribution in [0.25, 0.3) is 11.3 Å². The van der Waals surface area contributed by atoms with Crippen LogP contribution in [0.4, 0.5) is 11.4 Å². The molecule has 1 aliphatic rings. The Labute approximate surface area is 180 Å². The molecule has 1 aliphatic heterocycles. The maximum absolute atomic E-state index is 12.5. The molecule has 1 saturated heterocycles. The lowest BCUT2D eigenvalue weighted by atomic mass is 10.2. The van der Waals surface area contributed by atoms with E-state index in [0.29, 0.717) is 16.5 Å². The smallest absolute Gasteiger partial charge is 0.291 e. The van der Waals surface area contributed by atoms with Gasteiger partial charge in [-0.05, 0) is 60.7 Å². The summed E-state index contributed by atoms with van der Waals surface area (Å²) in [5, 5.41) is 3.50. The number of amides is 2. The molecule has 0 unspecified atom stereocenters. The van der Waals surface area contributed by atoms with Crippen molar-refractivity contribution < 1.29 is 14.0 Å². The lowest BCUT2D eigenvalue weighted by Crippen LogP contribution is -2.48. The quantitative estimate of drug-likeness (QED) is 0.670. The SMILES string of the molecule is CC(=O)N1CCN(c2ccc(NC(=O)c3ccc(-c4ccc(Cl)cc4)o3)cc2)CC1. The highest BCUT2D eigenvalue weighted by molar-refractivity contribution is 6.30. The van der Waals surface area contributed by atoms with Crippen LogP contribution in [0.3, 0.4) is 0 Å². The zero-order valence-corrected chi connectivity index (χ0v) is 17.4. The molecule has 6 nitrogen and oxygen atoms in total. The number of piperazine rings is 1. The van der Waals surface area contributed by atoms with E-state index < -0.39 is 0 Å². The number of furan rings is 1. The molecule has 154 valence electrons. The molecule has 1 N–H and O–H groups in total. The highest BCUT2D eigenvalue weighted by Crippen LogP contribution is 2.25. The third-order valence-corrected chi connectivity index (χ3v) is 5.43. The lowest BCUT2D eigenvalue weighted by Gasteiger charge is -2.35. The maximum Gasteiger partial charge on any atom is 0.291 e. The van der Waals surface area contributed by atoms with E-state index in [0.717, 1.165) is 37.4 Å². The highest BCUT2D eigenvalue weighted by atomic mass is 35.5. The Bertz CT molecular complexity index is 1040. The summed E-state index contributed by atoms with van der Waals surface area (Å²) in [5.41, 5.74) is 2.61. The number of carbonyl (C=O) groups excluding carboxylic acids is 2. The van der Waals surface area contributed by atoms with Crippen LogP contribution in [0.5, 0.6) is 0 Å². The van der Waals surface area contributed by atoms with Crippen LogP contribution in [0.2, 0.25) is 5.02 Å². The first-order chi connectivity index (χ1) is 14.5. The van der Waals surface area contributed by atoms with E-state index in [2.05, 4.69) is 10.2 Å². The van der Waals surface area contributed by atoms with Gasteiger partial charge in [-0.15, -0.1) is 0 Å². The highest BCUT2D eigenvalue weighted by Gasteiger charge is 2.19. The molecular formula is C23H22ClN3O3. The van der Waals surface area contributed by atoms with Crippen LogP contribution in [0, 0.1) is 0 Å². The molecule has 0 atom stereocenters. The first kappa shape index (κ1) is 20.0. The summed E-state index contributed by atoms with van der Waals surface area (Å²) in [7, 11) is 0. The normalized spacial score (nSPS) is 13.9. The van der Waals surface area contributed by atoms with Gasteiger partial charge in [0.25, 0.3) is 5.91 Å². The lowest BCUT2D eigenvalue weighted by molar-refractivity contribution is -0.129. The molecule has 0 spiro atoms. The number of nitrogens with one attached hydrogen (secondary N) is 1. The van der Waals surface area contributed by atoms with Gasteiger partial charge in [0.1, 0.15) is 5.76 Å². The average Bonchev–Trinajstić information content (AvgIpc) is 3.25. The second kappa shape index (κ2) is 8.63. The number of hydrogen-bond donors (Lipinski definition) is 1. The van der Waals surface area contributed by atoms with E-state index >= 15 is 0 Å². The largest absolute Gasteiger partial charge is 0.451 e. The van der Waals surface area contributed by atoms with Gasteiger partial charge >= 0.3 is 0 Å². The Morgan fingerprint density at radius 2 is 1.57 bits per heavy atom. The first-order valence-corrected chi connectivity index (χ1v) is 10.1. The summed E-state index contributed by atoms with van der Waals surface area (Å²) in [6.07, 6.45) is 0. The fourth-order valence-corrected chi connectivity index (χ4v) is 3.58. The van der Waals surface area contributed by atoms with E-state index in [-0.39, 0.29) is 17.6 Å². The van der Waals surface area contributed by atoms with Crippen molar-refractivity contribution in [1.82, 2.24) is 4.90 Å². The Balaban J connectivity index is 1.37. The van der Waals surface area contributed by atoms with Crippen molar-refractivity contribution in [3.8, 4) is 11.3 Å². The average molecular weight is 424 g/mol. The van der Waals surface area contributed by atoms with Gasteiger partial charge in [-0.2, -0.15) is 0 Å².